The van der Waals surface area contributed by atoms with Crippen LogP contribution in [-0.4, -0.2) is 40.4 Å². The van der Waals surface area contributed by atoms with Crippen molar-refractivity contribution in [3.63, 3.8) is 0 Å². The quantitative estimate of drug-likeness (QED) is 0.347. The molecule has 3 aromatic carbocycles. The monoisotopic (exact) mass is 536 g/mol. The number of nitrogens with one attached hydrogen (secondary N) is 1. The minimum atomic E-state index is -3.55. The number of benzene rings is 3. The Morgan fingerprint density at radius 1 is 1.15 bits per heavy atom. The molecule has 2 atom stereocenters. The second kappa shape index (κ2) is 10.3. The van der Waals surface area contributed by atoms with E-state index in [9.17, 15) is 18.4 Å². The van der Waals surface area contributed by atoms with Crippen LogP contribution < -0.4 is 20.5 Å². The van der Waals surface area contributed by atoms with Crippen LogP contribution in [0.4, 0.5) is 8.78 Å². The zero-order valence-electron chi connectivity index (χ0n) is 21.2. The molecular formula is C28H26F2N4O5. The van der Waals surface area contributed by atoms with Gasteiger partial charge in [0, 0.05) is 23.4 Å². The fourth-order valence-electron chi connectivity index (χ4n) is 4.35. The van der Waals surface area contributed by atoms with Gasteiger partial charge < -0.3 is 25.3 Å². The van der Waals surface area contributed by atoms with E-state index in [0.29, 0.717) is 41.8 Å². The number of halogens is 2. The highest BCUT2D eigenvalue weighted by Crippen LogP contribution is 2.33. The molecule has 0 unspecified atom stereocenters. The molecule has 1 aliphatic heterocycles. The molecule has 0 aliphatic carbocycles. The first-order valence-corrected chi connectivity index (χ1v) is 12.2. The lowest BCUT2D eigenvalue weighted by Gasteiger charge is -2.28. The van der Waals surface area contributed by atoms with Crippen LogP contribution in [0.2, 0.25) is 0 Å². The normalized spacial score (nSPS) is 14.7. The van der Waals surface area contributed by atoms with Crippen LogP contribution in [0.25, 0.3) is 16.6 Å². The Labute approximate surface area is 222 Å². The number of carbonyl (C=O) groups is 2. The Morgan fingerprint density at radius 3 is 2.74 bits per heavy atom. The maximum Gasteiger partial charge on any atom is 0.321 e. The molecule has 11 heteroatoms. The van der Waals surface area contributed by atoms with Gasteiger partial charge in [-0.2, -0.15) is 13.9 Å². The molecule has 9 nitrogen and oxygen atoms in total. The number of carbonyl (C=O) groups excluding carboxylic acids is 2. The molecule has 0 fully saturated rings. The molecule has 0 bridgehead atoms. The van der Waals surface area contributed by atoms with Crippen molar-refractivity contribution in [2.75, 3.05) is 6.79 Å². The van der Waals surface area contributed by atoms with E-state index >= 15 is 0 Å². The summed E-state index contributed by atoms with van der Waals surface area (Å²) in [5, 5.41) is 7.53. The van der Waals surface area contributed by atoms with Crippen molar-refractivity contribution in [2.24, 2.45) is 5.73 Å². The molecule has 0 spiro atoms. The number of hydrogen-bond acceptors (Lipinski definition) is 6. The number of rotatable bonds is 8. The zero-order valence-corrected chi connectivity index (χ0v) is 21.2. The van der Waals surface area contributed by atoms with Crippen LogP contribution in [-0.2, 0) is 16.1 Å². The minimum absolute atomic E-state index is 0.0966. The first-order valence-electron chi connectivity index (χ1n) is 12.2. The number of fused-ring (bicyclic) bond motifs is 2. The zero-order chi connectivity index (χ0) is 27.7. The number of primary amides is 1. The van der Waals surface area contributed by atoms with Gasteiger partial charge in [0.15, 0.2) is 6.79 Å². The van der Waals surface area contributed by atoms with Crippen molar-refractivity contribution in [3.05, 3.63) is 83.6 Å². The van der Waals surface area contributed by atoms with Crippen molar-refractivity contribution in [2.45, 2.75) is 38.5 Å². The standard InChI is InChI=1S/C28H26F2N4O5/c1-16(33-27(36)28(2,29)30)25(17-6-7-19-14-37-15-38-24(19)12-17)39-22-8-9-23-20(11-22)13-32-34(23)21-5-3-4-18(10-21)26(31)35/h3-13,16,25H,14-15H2,1-2H3,(H2,31,35)(H,33,36)/t16-,25-/m0/s1. The largest absolute Gasteiger partial charge is 0.484 e. The van der Waals surface area contributed by atoms with Crippen molar-refractivity contribution < 1.29 is 32.6 Å². The van der Waals surface area contributed by atoms with Crippen LogP contribution in [0.15, 0.2) is 66.9 Å². The maximum absolute atomic E-state index is 13.7. The Hall–Kier alpha value is -4.51. The van der Waals surface area contributed by atoms with Crippen molar-refractivity contribution in [1.82, 2.24) is 15.1 Å². The van der Waals surface area contributed by atoms with Gasteiger partial charge in [0.1, 0.15) is 17.6 Å². The summed E-state index contributed by atoms with van der Waals surface area (Å²) in [4.78, 5) is 23.7. The van der Waals surface area contributed by atoms with E-state index in [4.69, 9.17) is 19.9 Å². The number of nitrogens with two attached hydrogens (primary N) is 1. The van der Waals surface area contributed by atoms with Gasteiger partial charge in [-0.05, 0) is 55.0 Å². The molecule has 2 heterocycles. The number of aromatic nitrogens is 2. The summed E-state index contributed by atoms with van der Waals surface area (Å²) in [5.41, 5.74) is 8.64. The predicted molar refractivity (Wildman–Crippen MR) is 138 cm³/mol. The fourth-order valence-corrected chi connectivity index (χ4v) is 4.35. The van der Waals surface area contributed by atoms with Gasteiger partial charge in [0.2, 0.25) is 5.91 Å². The summed E-state index contributed by atoms with van der Waals surface area (Å²) < 4.78 is 46.2. The summed E-state index contributed by atoms with van der Waals surface area (Å²) in [6.07, 6.45) is 0.816. The van der Waals surface area contributed by atoms with Crippen LogP contribution >= 0.6 is 0 Å². The van der Waals surface area contributed by atoms with E-state index in [-0.39, 0.29) is 6.79 Å². The lowest BCUT2D eigenvalue weighted by atomic mass is 10.00. The van der Waals surface area contributed by atoms with E-state index in [1.807, 2.05) is 6.07 Å². The predicted octanol–water partition coefficient (Wildman–Crippen LogP) is 4.27. The summed E-state index contributed by atoms with van der Waals surface area (Å²) >= 11 is 0. The summed E-state index contributed by atoms with van der Waals surface area (Å²) in [7, 11) is 0. The SMILES string of the molecule is C[C@H](NC(=O)C(C)(F)F)[C@H](Oc1ccc2c(cnn2-c2cccc(C(N)=O)c2)c1)c1ccc2c(c1)OCOC2. The summed E-state index contributed by atoms with van der Waals surface area (Å²) in [6.45, 7) is 2.63. The molecule has 0 saturated carbocycles. The molecule has 0 radical (unpaired) electrons. The lowest BCUT2D eigenvalue weighted by Crippen LogP contribution is -2.46. The fraction of sp³-hybridized carbons (Fsp3) is 0.250. The molecule has 0 saturated heterocycles. The van der Waals surface area contributed by atoms with Gasteiger partial charge >= 0.3 is 5.92 Å². The molecule has 4 aromatic rings. The third-order valence-electron chi connectivity index (χ3n) is 6.36. The van der Waals surface area contributed by atoms with E-state index in [2.05, 4.69) is 10.4 Å². The number of nitrogens with zero attached hydrogens (tertiary/aromatic N) is 2. The maximum atomic E-state index is 13.7. The van der Waals surface area contributed by atoms with Gasteiger partial charge in [-0.3, -0.25) is 9.59 Å². The molecule has 39 heavy (non-hydrogen) atoms. The van der Waals surface area contributed by atoms with Crippen LogP contribution in [0.5, 0.6) is 11.5 Å². The number of hydrogen-bond donors (Lipinski definition) is 2. The highest BCUT2D eigenvalue weighted by Gasteiger charge is 2.35. The second-order valence-corrected chi connectivity index (χ2v) is 9.36. The second-order valence-electron chi connectivity index (χ2n) is 9.36. The molecular weight excluding hydrogens is 510 g/mol. The Kier molecular flexibility index (Phi) is 6.92. The van der Waals surface area contributed by atoms with Gasteiger partial charge in [-0.1, -0.05) is 18.2 Å². The van der Waals surface area contributed by atoms with E-state index in [0.717, 1.165) is 16.5 Å². The average molecular weight is 537 g/mol. The highest BCUT2D eigenvalue weighted by molar-refractivity contribution is 5.93. The molecule has 1 aliphatic rings. The summed E-state index contributed by atoms with van der Waals surface area (Å²) in [5.74, 6) is -4.46. The number of alkyl halides is 2. The Bertz CT molecular complexity index is 1550. The average Bonchev–Trinajstić information content (AvgIpc) is 3.34. The number of amides is 2. The van der Waals surface area contributed by atoms with Crippen LogP contribution in [0.3, 0.4) is 0 Å². The van der Waals surface area contributed by atoms with Gasteiger partial charge in [0.25, 0.3) is 5.91 Å². The lowest BCUT2D eigenvalue weighted by molar-refractivity contribution is -0.144. The third kappa shape index (κ3) is 5.53. The first kappa shape index (κ1) is 26.1. The van der Waals surface area contributed by atoms with Crippen LogP contribution in [0, 0.1) is 0 Å². The molecule has 1 aromatic heterocycles. The van der Waals surface area contributed by atoms with E-state index < -0.39 is 29.9 Å². The van der Waals surface area contributed by atoms with Gasteiger partial charge in [0.05, 0.1) is 30.0 Å². The topological polar surface area (TPSA) is 118 Å². The Morgan fingerprint density at radius 2 is 1.97 bits per heavy atom. The third-order valence-corrected chi connectivity index (χ3v) is 6.36. The minimum Gasteiger partial charge on any atom is -0.484 e. The van der Waals surface area contributed by atoms with Gasteiger partial charge in [-0.15, -0.1) is 0 Å². The van der Waals surface area contributed by atoms with Crippen molar-refractivity contribution in [1.29, 1.82) is 0 Å². The number of ether oxygens (including phenoxy) is 3. The molecule has 202 valence electrons. The highest BCUT2D eigenvalue weighted by atomic mass is 19.3. The van der Waals surface area contributed by atoms with Gasteiger partial charge in [-0.25, -0.2) is 4.68 Å². The molecule has 3 N–H and O–H groups in total. The van der Waals surface area contributed by atoms with Crippen LogP contribution in [0.1, 0.15) is 41.4 Å². The van der Waals surface area contributed by atoms with E-state index in [1.54, 1.807) is 72.4 Å². The molecule has 5 rings (SSSR count). The molecule has 2 amide bonds. The Balaban J connectivity index is 1.47. The van der Waals surface area contributed by atoms with Crippen molar-refractivity contribution in [3.8, 4) is 17.2 Å². The van der Waals surface area contributed by atoms with E-state index in [1.165, 1.54) is 0 Å². The smallest absolute Gasteiger partial charge is 0.321 e. The summed E-state index contributed by atoms with van der Waals surface area (Å²) in [6, 6.07) is 16.6. The first-order chi connectivity index (χ1) is 18.6. The van der Waals surface area contributed by atoms with Crippen molar-refractivity contribution >= 4 is 22.7 Å².